The topological polar surface area (TPSA) is 65.1 Å². The number of nitrogens with zero attached hydrogens (tertiary/aromatic N) is 2. The summed E-state index contributed by atoms with van der Waals surface area (Å²) < 4.78 is 1.65. The normalized spacial score (nSPS) is 10.4. The molecule has 0 bridgehead atoms. The van der Waals surface area contributed by atoms with Crippen LogP contribution in [0.3, 0.4) is 0 Å². The second-order valence-corrected chi connectivity index (χ2v) is 4.48. The number of carbonyl (C=O) groups is 1. The molecular weight excluding hydrogens is 268 g/mol. The Kier molecular flexibility index (Phi) is 3.66. The van der Waals surface area contributed by atoms with Crippen molar-refractivity contribution in [1.29, 1.82) is 0 Å². The molecule has 5 nitrogen and oxygen atoms in total. The molecule has 0 radical (unpaired) electrons. The van der Waals surface area contributed by atoms with E-state index in [0.29, 0.717) is 16.3 Å². The third kappa shape index (κ3) is 2.66. The van der Waals surface area contributed by atoms with Gasteiger partial charge in [-0.15, -0.1) is 0 Å². The smallest absolute Gasteiger partial charge is 0.275 e. The molecule has 0 amide bonds. The van der Waals surface area contributed by atoms with E-state index in [2.05, 4.69) is 0 Å². The highest BCUT2D eigenvalue weighted by molar-refractivity contribution is 6.31. The Morgan fingerprint density at radius 2 is 2.11 bits per heavy atom. The number of hydrogen-bond donors (Lipinski definition) is 0. The van der Waals surface area contributed by atoms with Gasteiger partial charge in [-0.05, 0) is 18.2 Å². The van der Waals surface area contributed by atoms with Crippen molar-refractivity contribution in [1.82, 2.24) is 4.57 Å². The first-order valence-corrected chi connectivity index (χ1v) is 5.96. The molecule has 98 valence electrons. The molecule has 0 aliphatic heterocycles. The van der Waals surface area contributed by atoms with Crippen LogP contribution in [0.4, 0.5) is 5.69 Å². The average Bonchev–Trinajstić information content (AvgIpc) is 2.79. The number of carbonyl (C=O) groups excluding carboxylic acids is 1. The number of nitro groups is 1. The third-order valence-electron chi connectivity index (χ3n) is 2.81. The van der Waals surface area contributed by atoms with Gasteiger partial charge in [0.1, 0.15) is 0 Å². The van der Waals surface area contributed by atoms with E-state index in [1.807, 2.05) is 0 Å². The maximum atomic E-state index is 11.4. The summed E-state index contributed by atoms with van der Waals surface area (Å²) in [6.45, 7) is 1.64. The van der Waals surface area contributed by atoms with Crippen LogP contribution in [-0.4, -0.2) is 15.3 Å². The van der Waals surface area contributed by atoms with Gasteiger partial charge >= 0.3 is 0 Å². The van der Waals surface area contributed by atoms with Crippen LogP contribution in [0.2, 0.25) is 5.02 Å². The van der Waals surface area contributed by atoms with Crippen LogP contribution in [0, 0.1) is 10.1 Å². The SMILES string of the molecule is CC(=O)c1cccn1Cc1c(Cl)cccc1[N+](=O)[O-]. The van der Waals surface area contributed by atoms with Crippen molar-refractivity contribution in [2.45, 2.75) is 13.5 Å². The van der Waals surface area contributed by atoms with Gasteiger partial charge in [-0.1, -0.05) is 17.7 Å². The fourth-order valence-corrected chi connectivity index (χ4v) is 2.15. The summed E-state index contributed by atoms with van der Waals surface area (Å²) in [6.07, 6.45) is 1.70. The summed E-state index contributed by atoms with van der Waals surface area (Å²) in [4.78, 5) is 22.0. The molecule has 0 aliphatic carbocycles. The van der Waals surface area contributed by atoms with Gasteiger partial charge in [-0.3, -0.25) is 14.9 Å². The summed E-state index contributed by atoms with van der Waals surface area (Å²) in [7, 11) is 0. The molecule has 0 unspecified atom stereocenters. The highest BCUT2D eigenvalue weighted by Gasteiger charge is 2.18. The molecule has 6 heteroatoms. The van der Waals surface area contributed by atoms with E-state index in [0.717, 1.165) is 0 Å². The van der Waals surface area contributed by atoms with Crippen LogP contribution in [0.5, 0.6) is 0 Å². The molecule has 2 aromatic rings. The lowest BCUT2D eigenvalue weighted by Gasteiger charge is -2.09. The Labute approximate surface area is 114 Å². The van der Waals surface area contributed by atoms with Crippen molar-refractivity contribution in [3.8, 4) is 0 Å². The molecular formula is C13H11ClN2O3. The van der Waals surface area contributed by atoms with Gasteiger partial charge in [-0.25, -0.2) is 0 Å². The predicted molar refractivity (Wildman–Crippen MR) is 71.6 cm³/mol. The van der Waals surface area contributed by atoms with Crippen molar-refractivity contribution in [2.24, 2.45) is 0 Å². The summed E-state index contributed by atoms with van der Waals surface area (Å²) in [5.74, 6) is -0.0975. The van der Waals surface area contributed by atoms with Crippen LogP contribution >= 0.6 is 11.6 Å². The first-order chi connectivity index (χ1) is 9.00. The zero-order chi connectivity index (χ0) is 14.0. The maximum absolute atomic E-state index is 11.4. The summed E-state index contributed by atoms with van der Waals surface area (Å²) >= 11 is 6.02. The summed E-state index contributed by atoms with van der Waals surface area (Å²) in [6, 6.07) is 7.93. The number of halogens is 1. The van der Waals surface area contributed by atoms with E-state index in [-0.39, 0.29) is 18.0 Å². The van der Waals surface area contributed by atoms with Crippen LogP contribution < -0.4 is 0 Å². The molecule has 0 saturated carbocycles. The number of benzene rings is 1. The molecule has 0 fully saturated rings. The van der Waals surface area contributed by atoms with Crippen LogP contribution in [-0.2, 0) is 6.54 Å². The van der Waals surface area contributed by atoms with E-state index in [4.69, 9.17) is 11.6 Å². The minimum absolute atomic E-state index is 0.0456. The minimum Gasteiger partial charge on any atom is -0.340 e. The highest BCUT2D eigenvalue weighted by atomic mass is 35.5. The molecule has 1 aromatic carbocycles. The van der Waals surface area contributed by atoms with Gasteiger partial charge in [-0.2, -0.15) is 0 Å². The zero-order valence-electron chi connectivity index (χ0n) is 10.2. The van der Waals surface area contributed by atoms with E-state index in [9.17, 15) is 14.9 Å². The monoisotopic (exact) mass is 278 g/mol. The first kappa shape index (κ1) is 13.3. The lowest BCUT2D eigenvalue weighted by atomic mass is 10.1. The van der Waals surface area contributed by atoms with Gasteiger partial charge in [0, 0.05) is 19.2 Å². The Balaban J connectivity index is 2.46. The number of hydrogen-bond acceptors (Lipinski definition) is 3. The standard InChI is InChI=1S/C13H11ClN2O3/c1-9(17)12-6-3-7-15(12)8-10-11(14)4-2-5-13(10)16(18)19/h2-7H,8H2,1H3. The lowest BCUT2D eigenvalue weighted by Crippen LogP contribution is -2.08. The fourth-order valence-electron chi connectivity index (χ4n) is 1.92. The largest absolute Gasteiger partial charge is 0.340 e. The van der Waals surface area contributed by atoms with Crippen molar-refractivity contribution in [3.63, 3.8) is 0 Å². The number of ketones is 1. The molecule has 0 N–H and O–H groups in total. The van der Waals surface area contributed by atoms with Crippen molar-refractivity contribution >= 4 is 23.1 Å². The van der Waals surface area contributed by atoms with Crippen molar-refractivity contribution in [2.75, 3.05) is 0 Å². The Bertz CT molecular complexity index is 649. The Morgan fingerprint density at radius 3 is 2.74 bits per heavy atom. The number of nitro benzene ring substituents is 1. The Hall–Kier alpha value is -2.14. The molecule has 0 aliphatic rings. The van der Waals surface area contributed by atoms with Gasteiger partial charge in [0.15, 0.2) is 5.78 Å². The third-order valence-corrected chi connectivity index (χ3v) is 3.16. The molecule has 1 heterocycles. The maximum Gasteiger partial charge on any atom is 0.275 e. The highest BCUT2D eigenvalue weighted by Crippen LogP contribution is 2.27. The molecule has 0 saturated heterocycles. The molecule has 2 rings (SSSR count). The average molecular weight is 279 g/mol. The Morgan fingerprint density at radius 1 is 1.37 bits per heavy atom. The van der Waals surface area contributed by atoms with Crippen LogP contribution in [0.15, 0.2) is 36.5 Å². The summed E-state index contributed by atoms with van der Waals surface area (Å²) in [5, 5.41) is 11.3. The van der Waals surface area contributed by atoms with E-state index in [1.54, 1.807) is 29.0 Å². The number of Topliss-reactive ketones (excluding diaryl/α,β-unsaturated/α-hetero) is 1. The van der Waals surface area contributed by atoms with Crippen LogP contribution in [0.25, 0.3) is 0 Å². The van der Waals surface area contributed by atoms with Crippen molar-refractivity contribution in [3.05, 3.63) is 62.9 Å². The summed E-state index contributed by atoms with van der Waals surface area (Å²) in [5.41, 5.74) is 0.845. The number of rotatable bonds is 4. The number of aromatic nitrogens is 1. The first-order valence-electron chi connectivity index (χ1n) is 5.58. The molecule has 0 spiro atoms. The fraction of sp³-hybridized carbons (Fsp3) is 0.154. The van der Waals surface area contributed by atoms with Crippen LogP contribution in [0.1, 0.15) is 23.0 Å². The molecule has 0 atom stereocenters. The lowest BCUT2D eigenvalue weighted by molar-refractivity contribution is -0.385. The minimum atomic E-state index is -0.474. The zero-order valence-corrected chi connectivity index (χ0v) is 10.9. The van der Waals surface area contributed by atoms with Crippen molar-refractivity contribution < 1.29 is 9.72 Å². The van der Waals surface area contributed by atoms with Gasteiger partial charge in [0.2, 0.25) is 0 Å². The van der Waals surface area contributed by atoms with E-state index in [1.165, 1.54) is 19.1 Å². The molecule has 1 aromatic heterocycles. The van der Waals surface area contributed by atoms with E-state index >= 15 is 0 Å². The molecule has 19 heavy (non-hydrogen) atoms. The van der Waals surface area contributed by atoms with Gasteiger partial charge < -0.3 is 4.57 Å². The van der Waals surface area contributed by atoms with E-state index < -0.39 is 4.92 Å². The second-order valence-electron chi connectivity index (χ2n) is 4.07. The second kappa shape index (κ2) is 5.24. The quantitative estimate of drug-likeness (QED) is 0.490. The predicted octanol–water partition coefficient (Wildman–Crippen LogP) is 3.30. The van der Waals surface area contributed by atoms with Gasteiger partial charge in [0.05, 0.1) is 27.7 Å². The van der Waals surface area contributed by atoms with Gasteiger partial charge in [0.25, 0.3) is 5.69 Å².